The molecule has 3 aromatic carbocycles. The number of oxime groups is 2. The number of halogens is 4. The van der Waals surface area contributed by atoms with Crippen LogP contribution < -0.4 is 0 Å². The van der Waals surface area contributed by atoms with Crippen molar-refractivity contribution in [3.63, 3.8) is 0 Å². The molecular formula is C37H41ClF3N5O5. The monoisotopic (exact) mass is 727 g/mol. The molecule has 5 rings (SSSR count). The first-order valence-corrected chi connectivity index (χ1v) is 16.5. The molecule has 1 fully saturated rings. The molecule has 14 heteroatoms. The first-order valence-electron chi connectivity index (χ1n) is 16.1. The van der Waals surface area contributed by atoms with Gasteiger partial charge in [0.15, 0.2) is 5.71 Å². The summed E-state index contributed by atoms with van der Waals surface area (Å²) in [6.45, 7) is 6.26. The molecule has 0 amide bonds. The van der Waals surface area contributed by atoms with Crippen LogP contribution in [0.2, 0.25) is 5.02 Å². The summed E-state index contributed by atoms with van der Waals surface area (Å²) in [7, 11) is 2.51. The zero-order chi connectivity index (χ0) is 37.2. The lowest BCUT2D eigenvalue weighted by molar-refractivity contribution is -0.137. The van der Waals surface area contributed by atoms with E-state index in [4.69, 9.17) is 26.0 Å². The summed E-state index contributed by atoms with van der Waals surface area (Å²) in [5.74, 6) is -0.490. The van der Waals surface area contributed by atoms with Crippen LogP contribution in [0.4, 0.5) is 13.2 Å². The summed E-state index contributed by atoms with van der Waals surface area (Å²) >= 11 is 5.96. The summed E-state index contributed by atoms with van der Waals surface area (Å²) in [5.41, 5.74) is 1.00. The molecule has 0 saturated heterocycles. The SMILES string of the molecule is CC1(C)CCC(Cc2ccc(Cl)cc2)C1(O)Cn1cncn1.CO/N=C(/C(=O)OC)c1ccccc1CO/N=C(\C)c1cccc(C(F)(F)F)c1. The van der Waals surface area contributed by atoms with Crippen LogP contribution in [0, 0.1) is 11.3 Å². The van der Waals surface area contributed by atoms with Gasteiger partial charge >= 0.3 is 12.1 Å². The third-order valence-corrected chi connectivity index (χ3v) is 9.35. The first kappa shape index (κ1) is 39.0. The second kappa shape index (κ2) is 17.0. The van der Waals surface area contributed by atoms with E-state index in [1.54, 1.807) is 35.3 Å². The van der Waals surface area contributed by atoms with Crippen molar-refractivity contribution in [3.8, 4) is 0 Å². The lowest BCUT2D eigenvalue weighted by atomic mass is 9.72. The predicted octanol–water partition coefficient (Wildman–Crippen LogP) is 7.51. The maximum atomic E-state index is 12.9. The van der Waals surface area contributed by atoms with Crippen LogP contribution in [0.3, 0.4) is 0 Å². The van der Waals surface area contributed by atoms with Crippen molar-refractivity contribution in [1.29, 1.82) is 0 Å². The van der Waals surface area contributed by atoms with Crippen molar-refractivity contribution < 1.29 is 37.5 Å². The number of hydrogen-bond acceptors (Lipinski definition) is 9. The molecule has 1 aliphatic rings. The minimum atomic E-state index is -4.44. The number of aromatic nitrogens is 3. The molecule has 4 aromatic rings. The van der Waals surface area contributed by atoms with Gasteiger partial charge in [-0.05, 0) is 72.9 Å². The molecule has 1 heterocycles. The highest BCUT2D eigenvalue weighted by atomic mass is 35.5. The number of benzene rings is 3. The number of aliphatic hydroxyl groups is 1. The number of ether oxygens (including phenoxy) is 1. The lowest BCUT2D eigenvalue weighted by Gasteiger charge is -2.40. The highest BCUT2D eigenvalue weighted by Gasteiger charge is 2.54. The first-order chi connectivity index (χ1) is 24.2. The average molecular weight is 728 g/mol. The van der Waals surface area contributed by atoms with Crippen LogP contribution in [0.1, 0.15) is 61.4 Å². The average Bonchev–Trinajstić information content (AvgIpc) is 3.69. The van der Waals surface area contributed by atoms with Crippen LogP contribution >= 0.6 is 11.6 Å². The Hall–Kier alpha value is -4.75. The Bertz CT molecular complexity index is 1810. The number of rotatable bonds is 11. The van der Waals surface area contributed by atoms with Crippen LogP contribution in [0.5, 0.6) is 0 Å². The summed E-state index contributed by atoms with van der Waals surface area (Å²) in [5, 5.41) is 23.9. The second-order valence-corrected chi connectivity index (χ2v) is 13.2. The van der Waals surface area contributed by atoms with Crippen molar-refractivity contribution >= 4 is 29.0 Å². The molecule has 2 atom stereocenters. The van der Waals surface area contributed by atoms with Gasteiger partial charge in [-0.1, -0.05) is 84.3 Å². The normalized spacial score (nSPS) is 18.8. The second-order valence-electron chi connectivity index (χ2n) is 12.8. The molecular weight excluding hydrogens is 687 g/mol. The maximum Gasteiger partial charge on any atom is 0.416 e. The number of esters is 1. The Balaban J connectivity index is 0.000000237. The third kappa shape index (κ3) is 9.95. The van der Waals surface area contributed by atoms with E-state index >= 15 is 0 Å². The molecule has 10 nitrogen and oxygen atoms in total. The van der Waals surface area contributed by atoms with Gasteiger partial charge in [-0.25, -0.2) is 9.78 Å². The number of hydrogen-bond donors (Lipinski definition) is 1. The third-order valence-electron chi connectivity index (χ3n) is 9.09. The number of nitrogens with zero attached hydrogens (tertiary/aromatic N) is 5. The van der Waals surface area contributed by atoms with E-state index in [1.807, 2.05) is 24.3 Å². The molecule has 0 bridgehead atoms. The van der Waals surface area contributed by atoms with Gasteiger partial charge in [-0.3, -0.25) is 4.68 Å². The zero-order valence-electron chi connectivity index (χ0n) is 29.0. The predicted molar refractivity (Wildman–Crippen MR) is 187 cm³/mol. The molecule has 272 valence electrons. The van der Waals surface area contributed by atoms with E-state index in [-0.39, 0.29) is 34.9 Å². The van der Waals surface area contributed by atoms with Gasteiger partial charge in [0, 0.05) is 16.1 Å². The topological polar surface area (TPSA) is 120 Å². The molecule has 1 saturated carbocycles. The van der Waals surface area contributed by atoms with Crippen LogP contribution in [-0.2, 0) is 45.0 Å². The lowest BCUT2D eigenvalue weighted by Crippen LogP contribution is -2.49. The van der Waals surface area contributed by atoms with E-state index in [1.165, 1.54) is 45.2 Å². The molecule has 0 spiro atoms. The number of carbonyl (C=O) groups excluding carboxylic acids is 1. The molecule has 1 N–H and O–H groups in total. The summed E-state index contributed by atoms with van der Waals surface area (Å²) in [6, 6.07) is 19.5. The standard InChI is InChI=1S/C20H19F3N2O4.C17H22ClN3O/c1-13(14-8-6-9-16(11-14)20(21,22)23)24-29-12-15-7-4-5-10-17(15)18(25-28-3)19(26)27-2;1-16(2)8-7-14(9-13-3-5-15(18)6-4-13)17(16,22)10-21-12-19-11-20-21/h4-11H,12H2,1-3H3;3-6,11-12,14,22H,7-10H2,1-2H3/b24-13+,25-18+;. The van der Waals surface area contributed by atoms with Gasteiger partial charge in [0.1, 0.15) is 26.4 Å². The summed E-state index contributed by atoms with van der Waals surface area (Å²) in [6.07, 6.45) is 1.62. The molecule has 1 aliphatic carbocycles. The minimum absolute atomic E-state index is 0.0484. The van der Waals surface area contributed by atoms with Gasteiger partial charge in [-0.2, -0.15) is 18.3 Å². The van der Waals surface area contributed by atoms with Crippen molar-refractivity contribution in [1.82, 2.24) is 14.8 Å². The Morgan fingerprint density at radius 2 is 1.78 bits per heavy atom. The minimum Gasteiger partial charge on any atom is -0.464 e. The van der Waals surface area contributed by atoms with Crippen LogP contribution in [0.25, 0.3) is 0 Å². The Morgan fingerprint density at radius 3 is 2.43 bits per heavy atom. The van der Waals surface area contributed by atoms with E-state index < -0.39 is 23.3 Å². The van der Waals surface area contributed by atoms with E-state index in [0.29, 0.717) is 17.7 Å². The fourth-order valence-electron chi connectivity index (χ4n) is 6.06. The number of alkyl halides is 3. The van der Waals surface area contributed by atoms with Gasteiger partial charge in [0.25, 0.3) is 0 Å². The highest BCUT2D eigenvalue weighted by Crippen LogP contribution is 2.51. The molecule has 2 unspecified atom stereocenters. The fourth-order valence-corrected chi connectivity index (χ4v) is 6.18. The number of methoxy groups -OCH3 is 1. The van der Waals surface area contributed by atoms with Crippen LogP contribution in [0.15, 0.2) is 95.8 Å². The van der Waals surface area contributed by atoms with E-state index in [9.17, 15) is 23.1 Å². The van der Waals surface area contributed by atoms with Gasteiger partial charge in [0.05, 0.1) is 30.5 Å². The highest BCUT2D eigenvalue weighted by molar-refractivity contribution is 6.43. The molecule has 1 aromatic heterocycles. The molecule has 51 heavy (non-hydrogen) atoms. The van der Waals surface area contributed by atoms with Gasteiger partial charge < -0.3 is 19.5 Å². The van der Waals surface area contributed by atoms with Gasteiger partial charge in [-0.15, -0.1) is 0 Å². The quantitative estimate of drug-likeness (QED) is 0.0965. The summed E-state index contributed by atoms with van der Waals surface area (Å²) < 4.78 is 45.0. The van der Waals surface area contributed by atoms with E-state index in [0.717, 1.165) is 36.4 Å². The van der Waals surface area contributed by atoms with Crippen molar-refractivity contribution in [2.45, 2.75) is 65.0 Å². The Morgan fingerprint density at radius 1 is 1.06 bits per heavy atom. The zero-order valence-corrected chi connectivity index (χ0v) is 29.8. The number of carbonyl (C=O) groups is 1. The Kier molecular flexibility index (Phi) is 13.0. The van der Waals surface area contributed by atoms with Crippen molar-refractivity contribution in [3.05, 3.63) is 118 Å². The maximum absolute atomic E-state index is 12.9. The summed E-state index contributed by atoms with van der Waals surface area (Å²) in [4.78, 5) is 25.9. The molecule has 0 radical (unpaired) electrons. The molecule has 0 aliphatic heterocycles. The van der Waals surface area contributed by atoms with Gasteiger partial charge in [0.2, 0.25) is 0 Å². The smallest absolute Gasteiger partial charge is 0.416 e. The van der Waals surface area contributed by atoms with Crippen LogP contribution in [-0.4, -0.2) is 57.1 Å². The Labute approximate surface area is 299 Å². The van der Waals surface area contributed by atoms with Crippen molar-refractivity contribution in [2.24, 2.45) is 21.6 Å². The van der Waals surface area contributed by atoms with E-state index in [2.05, 4.69) is 34.2 Å². The largest absolute Gasteiger partial charge is 0.464 e. The van der Waals surface area contributed by atoms with Crippen molar-refractivity contribution in [2.75, 3.05) is 14.2 Å². The fraction of sp³-hybridized carbons (Fsp3) is 0.378.